The Balaban J connectivity index is 1.95. The van der Waals surface area contributed by atoms with Gasteiger partial charge in [-0.05, 0) is 34.7 Å². The van der Waals surface area contributed by atoms with Crippen molar-refractivity contribution in [1.29, 1.82) is 0 Å². The normalized spacial score (nSPS) is 12.9. The van der Waals surface area contributed by atoms with Crippen LogP contribution in [-0.2, 0) is 0 Å². The third-order valence-corrected chi connectivity index (χ3v) is 4.63. The first-order chi connectivity index (χ1) is 10.3. The Kier molecular flexibility index (Phi) is 1.98. The first kappa shape index (κ1) is 11.1. The second-order valence-corrected chi connectivity index (χ2v) is 5.72. The second kappa shape index (κ2) is 3.74. The van der Waals surface area contributed by atoms with Crippen molar-refractivity contribution in [3.63, 3.8) is 0 Å². The molecule has 3 aromatic carbocycles. The molecule has 0 radical (unpaired) electrons. The highest BCUT2D eigenvalue weighted by Gasteiger charge is 2.26. The highest BCUT2D eigenvalue weighted by molar-refractivity contribution is 7.00. The second-order valence-electron chi connectivity index (χ2n) is 5.19. The van der Waals surface area contributed by atoms with Crippen LogP contribution in [0, 0.1) is 0 Å². The molecule has 4 aromatic rings. The SMILES string of the molecule is O=C1c2ccccc2-c2cc3ccc4nsnc4c3cc21. The molecule has 0 saturated carbocycles. The topological polar surface area (TPSA) is 42.9 Å². The summed E-state index contributed by atoms with van der Waals surface area (Å²) in [5.41, 5.74) is 5.36. The zero-order valence-electron chi connectivity index (χ0n) is 10.8. The van der Waals surface area contributed by atoms with E-state index in [-0.39, 0.29) is 5.78 Å². The van der Waals surface area contributed by atoms with Crippen molar-refractivity contribution in [1.82, 2.24) is 8.75 Å². The Morgan fingerprint density at radius 2 is 1.67 bits per heavy atom. The Hall–Kier alpha value is -2.59. The number of fused-ring (bicyclic) bond motifs is 6. The predicted octanol–water partition coefficient (Wildman–Crippen LogP) is 4.06. The van der Waals surface area contributed by atoms with Crippen LogP contribution < -0.4 is 0 Å². The van der Waals surface area contributed by atoms with Crippen molar-refractivity contribution in [2.75, 3.05) is 0 Å². The number of nitrogens with zero attached hydrogens (tertiary/aromatic N) is 2. The first-order valence-electron chi connectivity index (χ1n) is 6.66. The molecule has 4 heteroatoms. The minimum absolute atomic E-state index is 0.0997. The van der Waals surface area contributed by atoms with Gasteiger partial charge in [-0.2, -0.15) is 8.75 Å². The molecule has 21 heavy (non-hydrogen) atoms. The Morgan fingerprint density at radius 3 is 2.57 bits per heavy atom. The lowest BCUT2D eigenvalue weighted by Crippen LogP contribution is -1.94. The van der Waals surface area contributed by atoms with E-state index in [1.165, 1.54) is 11.7 Å². The summed E-state index contributed by atoms with van der Waals surface area (Å²) in [4.78, 5) is 12.6. The van der Waals surface area contributed by atoms with Crippen molar-refractivity contribution >= 4 is 39.3 Å². The van der Waals surface area contributed by atoms with Gasteiger partial charge in [0.2, 0.25) is 0 Å². The van der Waals surface area contributed by atoms with Gasteiger partial charge >= 0.3 is 0 Å². The van der Waals surface area contributed by atoms with E-state index in [0.717, 1.165) is 44.1 Å². The summed E-state index contributed by atoms with van der Waals surface area (Å²) in [6.45, 7) is 0. The monoisotopic (exact) mass is 288 g/mol. The number of hydrogen-bond donors (Lipinski definition) is 0. The van der Waals surface area contributed by atoms with Gasteiger partial charge in [0.1, 0.15) is 11.0 Å². The fourth-order valence-electron chi connectivity index (χ4n) is 3.09. The number of hydrogen-bond acceptors (Lipinski definition) is 4. The zero-order valence-corrected chi connectivity index (χ0v) is 11.6. The van der Waals surface area contributed by atoms with E-state index >= 15 is 0 Å². The van der Waals surface area contributed by atoms with Crippen LogP contribution in [0.1, 0.15) is 15.9 Å². The molecule has 1 aromatic heterocycles. The first-order valence-corrected chi connectivity index (χ1v) is 7.39. The van der Waals surface area contributed by atoms with E-state index in [0.29, 0.717) is 0 Å². The van der Waals surface area contributed by atoms with Crippen LogP contribution in [0.2, 0.25) is 0 Å². The van der Waals surface area contributed by atoms with Gasteiger partial charge in [0, 0.05) is 16.5 Å². The fraction of sp³-hybridized carbons (Fsp3) is 0. The maximum absolute atomic E-state index is 12.6. The number of rotatable bonds is 0. The van der Waals surface area contributed by atoms with Crippen molar-refractivity contribution < 1.29 is 4.79 Å². The maximum atomic E-state index is 12.6. The van der Waals surface area contributed by atoms with Crippen LogP contribution in [0.4, 0.5) is 0 Å². The number of benzene rings is 3. The number of aromatic nitrogens is 2. The largest absolute Gasteiger partial charge is 0.289 e. The van der Waals surface area contributed by atoms with Crippen LogP contribution in [0.25, 0.3) is 32.9 Å². The van der Waals surface area contributed by atoms with Gasteiger partial charge in [0.05, 0.1) is 11.7 Å². The van der Waals surface area contributed by atoms with E-state index in [4.69, 9.17) is 0 Å². The average Bonchev–Trinajstić information content (AvgIpc) is 3.10. The summed E-state index contributed by atoms with van der Waals surface area (Å²) in [7, 11) is 0. The number of ketones is 1. The van der Waals surface area contributed by atoms with E-state index in [9.17, 15) is 4.79 Å². The molecule has 1 aliphatic carbocycles. The van der Waals surface area contributed by atoms with Gasteiger partial charge in [-0.1, -0.05) is 30.3 Å². The Bertz CT molecular complexity index is 1060. The molecule has 0 N–H and O–H groups in total. The molecule has 3 nitrogen and oxygen atoms in total. The lowest BCUT2D eigenvalue weighted by Gasteiger charge is -2.03. The number of carbonyl (C=O) groups is 1. The molecule has 0 saturated heterocycles. The molecule has 0 spiro atoms. The van der Waals surface area contributed by atoms with Gasteiger partial charge in [0.15, 0.2) is 5.78 Å². The van der Waals surface area contributed by atoms with Crippen molar-refractivity contribution in [2.24, 2.45) is 0 Å². The summed E-state index contributed by atoms with van der Waals surface area (Å²) in [5, 5.41) is 2.10. The molecule has 0 bridgehead atoms. The zero-order chi connectivity index (χ0) is 14.0. The molecule has 98 valence electrons. The summed E-state index contributed by atoms with van der Waals surface area (Å²) < 4.78 is 8.63. The van der Waals surface area contributed by atoms with Crippen molar-refractivity contribution in [3.05, 3.63) is 59.7 Å². The third kappa shape index (κ3) is 1.35. The van der Waals surface area contributed by atoms with Crippen LogP contribution in [-0.4, -0.2) is 14.5 Å². The molecule has 1 heterocycles. The Labute approximate surface area is 124 Å². The summed E-state index contributed by atoms with van der Waals surface area (Å²) in [6, 6.07) is 15.9. The minimum atomic E-state index is 0.0997. The average molecular weight is 288 g/mol. The Morgan fingerprint density at radius 1 is 0.810 bits per heavy atom. The van der Waals surface area contributed by atoms with Gasteiger partial charge in [-0.15, -0.1) is 0 Å². The van der Waals surface area contributed by atoms with Crippen LogP contribution in [0.5, 0.6) is 0 Å². The lowest BCUT2D eigenvalue weighted by atomic mass is 9.99. The highest BCUT2D eigenvalue weighted by atomic mass is 32.1. The van der Waals surface area contributed by atoms with Crippen molar-refractivity contribution in [2.45, 2.75) is 0 Å². The van der Waals surface area contributed by atoms with E-state index in [1.54, 1.807) is 0 Å². The fourth-order valence-corrected chi connectivity index (χ4v) is 3.64. The molecular formula is C17H8N2OS. The van der Waals surface area contributed by atoms with Crippen molar-refractivity contribution in [3.8, 4) is 11.1 Å². The van der Waals surface area contributed by atoms with E-state index in [2.05, 4.69) is 14.8 Å². The molecule has 0 amide bonds. The maximum Gasteiger partial charge on any atom is 0.194 e. The standard InChI is InChI=1S/C17H8N2OS/c20-17-11-4-2-1-3-10(11)13-7-9-5-6-15-16(19-21-18-15)12(9)8-14(13)17/h1-8H. The summed E-state index contributed by atoms with van der Waals surface area (Å²) in [5.74, 6) is 0.0997. The van der Waals surface area contributed by atoms with Gasteiger partial charge < -0.3 is 0 Å². The number of carbonyl (C=O) groups excluding carboxylic acids is 1. The molecule has 5 rings (SSSR count). The molecule has 0 aliphatic heterocycles. The molecule has 0 fully saturated rings. The summed E-state index contributed by atoms with van der Waals surface area (Å²) >= 11 is 1.20. The van der Waals surface area contributed by atoms with E-state index in [1.807, 2.05) is 42.5 Å². The summed E-state index contributed by atoms with van der Waals surface area (Å²) in [6.07, 6.45) is 0. The highest BCUT2D eigenvalue weighted by Crippen LogP contribution is 2.39. The van der Waals surface area contributed by atoms with Gasteiger partial charge in [0.25, 0.3) is 0 Å². The van der Waals surface area contributed by atoms with Crippen LogP contribution in [0.3, 0.4) is 0 Å². The molecular weight excluding hydrogens is 280 g/mol. The van der Waals surface area contributed by atoms with Gasteiger partial charge in [-0.3, -0.25) is 4.79 Å². The third-order valence-electron chi connectivity index (χ3n) is 4.09. The smallest absolute Gasteiger partial charge is 0.194 e. The lowest BCUT2D eigenvalue weighted by molar-refractivity contribution is 0.104. The molecule has 0 atom stereocenters. The van der Waals surface area contributed by atoms with Gasteiger partial charge in [-0.25, -0.2) is 0 Å². The molecule has 1 aliphatic rings. The predicted molar refractivity (Wildman–Crippen MR) is 83.8 cm³/mol. The van der Waals surface area contributed by atoms with Crippen LogP contribution in [0.15, 0.2) is 48.5 Å². The van der Waals surface area contributed by atoms with E-state index < -0.39 is 0 Å². The minimum Gasteiger partial charge on any atom is -0.289 e. The molecule has 0 unspecified atom stereocenters. The quantitative estimate of drug-likeness (QED) is 0.431. The van der Waals surface area contributed by atoms with Crippen LogP contribution >= 0.6 is 11.7 Å².